The molecule has 0 radical (unpaired) electrons. The molecule has 1 aromatic heterocycles. The molecule has 2 aromatic rings. The molecule has 1 aromatic carbocycles. The number of rotatable bonds is 6. The molecule has 2 rings (SSSR count). The van der Waals surface area contributed by atoms with Gasteiger partial charge in [-0.15, -0.1) is 10.2 Å². The van der Waals surface area contributed by atoms with Crippen LogP contribution >= 0.6 is 0 Å². The summed E-state index contributed by atoms with van der Waals surface area (Å²) >= 11 is 0. The molecule has 0 saturated carbocycles. The number of aromatic nitrogens is 3. The van der Waals surface area contributed by atoms with Gasteiger partial charge in [-0.2, -0.15) is 0 Å². The fraction of sp³-hybridized carbons (Fsp3) is 0.429. The number of benzene rings is 1. The molecule has 0 amide bonds. The predicted octanol–water partition coefficient (Wildman–Crippen LogP) is 1.76. The molecule has 0 spiro atoms. The van der Waals surface area contributed by atoms with Crippen molar-refractivity contribution < 1.29 is 14.2 Å². The Morgan fingerprint density at radius 3 is 2.10 bits per heavy atom. The molecule has 7 heteroatoms. The van der Waals surface area contributed by atoms with Crippen molar-refractivity contribution in [1.29, 1.82) is 0 Å². The Hall–Kier alpha value is -2.44. The zero-order valence-corrected chi connectivity index (χ0v) is 12.9. The van der Waals surface area contributed by atoms with Crippen LogP contribution in [0, 0.1) is 6.92 Å². The number of aryl methyl sites for hydroxylation is 1. The highest BCUT2D eigenvalue weighted by atomic mass is 16.5. The summed E-state index contributed by atoms with van der Waals surface area (Å²) in [5.74, 6) is 3.50. The van der Waals surface area contributed by atoms with E-state index in [1.807, 2.05) is 30.7 Å². The van der Waals surface area contributed by atoms with Gasteiger partial charge in [0.05, 0.1) is 27.9 Å². The maximum atomic E-state index is 5.32. The van der Waals surface area contributed by atoms with Crippen molar-refractivity contribution in [2.75, 3.05) is 26.6 Å². The maximum absolute atomic E-state index is 5.32. The van der Waals surface area contributed by atoms with E-state index in [9.17, 15) is 0 Å². The van der Waals surface area contributed by atoms with Crippen LogP contribution in [0.5, 0.6) is 17.2 Å². The van der Waals surface area contributed by atoms with Crippen LogP contribution in [0.15, 0.2) is 12.1 Å². The first-order valence-corrected chi connectivity index (χ1v) is 6.49. The van der Waals surface area contributed by atoms with E-state index in [1.165, 1.54) is 0 Å². The molecule has 0 aliphatic heterocycles. The Bertz CT molecular complexity index is 600. The highest BCUT2D eigenvalue weighted by Gasteiger charge is 2.13. The molecule has 114 valence electrons. The second kappa shape index (κ2) is 6.34. The summed E-state index contributed by atoms with van der Waals surface area (Å²) < 4.78 is 17.9. The number of hydrogen-bond acceptors (Lipinski definition) is 6. The van der Waals surface area contributed by atoms with Gasteiger partial charge in [-0.05, 0) is 6.92 Å². The van der Waals surface area contributed by atoms with Gasteiger partial charge in [0.15, 0.2) is 17.3 Å². The maximum Gasteiger partial charge on any atom is 0.203 e. The first-order valence-electron chi connectivity index (χ1n) is 6.49. The lowest BCUT2D eigenvalue weighted by atomic mass is 10.2. The van der Waals surface area contributed by atoms with E-state index >= 15 is 0 Å². The molecular formula is C14H20N4O3. The summed E-state index contributed by atoms with van der Waals surface area (Å²) in [4.78, 5) is 0. The second-order valence-corrected chi connectivity index (χ2v) is 4.49. The largest absolute Gasteiger partial charge is 0.493 e. The highest BCUT2D eigenvalue weighted by Crippen LogP contribution is 2.39. The molecule has 0 bridgehead atoms. The Morgan fingerprint density at radius 2 is 1.67 bits per heavy atom. The van der Waals surface area contributed by atoms with Gasteiger partial charge in [0.25, 0.3) is 0 Å². The predicted molar refractivity (Wildman–Crippen MR) is 79.2 cm³/mol. The zero-order chi connectivity index (χ0) is 15.4. The van der Waals surface area contributed by atoms with Gasteiger partial charge in [0, 0.05) is 24.9 Å². The van der Waals surface area contributed by atoms with E-state index in [0.717, 1.165) is 17.3 Å². The van der Waals surface area contributed by atoms with Gasteiger partial charge in [-0.25, -0.2) is 0 Å². The second-order valence-electron chi connectivity index (χ2n) is 4.49. The summed E-state index contributed by atoms with van der Waals surface area (Å²) in [6.45, 7) is 2.46. The summed E-state index contributed by atoms with van der Waals surface area (Å²) in [6, 6.07) is 3.70. The Balaban J connectivity index is 2.22. The van der Waals surface area contributed by atoms with Gasteiger partial charge in [0.1, 0.15) is 5.82 Å². The lowest BCUT2D eigenvalue weighted by Gasteiger charge is -2.15. The van der Waals surface area contributed by atoms with Gasteiger partial charge in [0.2, 0.25) is 5.75 Å². The molecule has 0 atom stereocenters. The van der Waals surface area contributed by atoms with E-state index in [1.54, 1.807) is 21.3 Å². The van der Waals surface area contributed by atoms with E-state index in [2.05, 4.69) is 15.5 Å². The van der Waals surface area contributed by atoms with Crippen LogP contribution in [0.1, 0.15) is 11.6 Å². The number of methoxy groups -OCH3 is 3. The molecule has 1 N–H and O–H groups in total. The minimum absolute atomic E-state index is 0.552. The smallest absolute Gasteiger partial charge is 0.203 e. The van der Waals surface area contributed by atoms with Crippen LogP contribution < -0.4 is 19.5 Å². The van der Waals surface area contributed by atoms with Crippen molar-refractivity contribution in [1.82, 2.24) is 14.8 Å². The SMILES string of the molecule is COc1cc(NCc2nnc(C)n2C)cc(OC)c1OC. The van der Waals surface area contributed by atoms with Crippen molar-refractivity contribution in [2.45, 2.75) is 13.5 Å². The van der Waals surface area contributed by atoms with Crippen LogP contribution in [0.2, 0.25) is 0 Å². The summed E-state index contributed by atoms with van der Waals surface area (Å²) in [5.41, 5.74) is 0.852. The number of anilines is 1. The molecule has 1 heterocycles. The summed E-state index contributed by atoms with van der Waals surface area (Å²) in [7, 11) is 6.69. The third-order valence-electron chi connectivity index (χ3n) is 3.30. The lowest BCUT2D eigenvalue weighted by Crippen LogP contribution is -2.07. The molecular weight excluding hydrogens is 272 g/mol. The first-order chi connectivity index (χ1) is 10.1. The molecule has 21 heavy (non-hydrogen) atoms. The van der Waals surface area contributed by atoms with Crippen molar-refractivity contribution in [2.24, 2.45) is 7.05 Å². The molecule has 0 fully saturated rings. The van der Waals surface area contributed by atoms with Crippen LogP contribution in [-0.2, 0) is 13.6 Å². The van der Waals surface area contributed by atoms with Crippen LogP contribution in [0.25, 0.3) is 0 Å². The monoisotopic (exact) mass is 292 g/mol. The van der Waals surface area contributed by atoms with Crippen LogP contribution in [0.4, 0.5) is 5.69 Å². The van der Waals surface area contributed by atoms with E-state index in [0.29, 0.717) is 23.8 Å². The number of nitrogens with zero attached hydrogens (tertiary/aromatic N) is 3. The Morgan fingerprint density at radius 1 is 1.05 bits per heavy atom. The third kappa shape index (κ3) is 3.01. The summed E-state index contributed by atoms with van der Waals surface area (Å²) in [5, 5.41) is 11.4. The molecule has 0 unspecified atom stereocenters. The molecule has 0 aliphatic carbocycles. The minimum atomic E-state index is 0.552. The fourth-order valence-corrected chi connectivity index (χ4v) is 1.97. The molecule has 7 nitrogen and oxygen atoms in total. The Kier molecular flexibility index (Phi) is 4.52. The fourth-order valence-electron chi connectivity index (χ4n) is 1.97. The normalized spacial score (nSPS) is 10.3. The molecule has 0 aliphatic rings. The van der Waals surface area contributed by atoms with Crippen molar-refractivity contribution >= 4 is 5.69 Å². The lowest BCUT2D eigenvalue weighted by molar-refractivity contribution is 0.324. The summed E-state index contributed by atoms with van der Waals surface area (Å²) in [6.07, 6.45) is 0. The van der Waals surface area contributed by atoms with Gasteiger partial charge in [-0.1, -0.05) is 0 Å². The standard InChI is InChI=1S/C14H20N4O3/c1-9-16-17-13(18(9)2)8-15-10-6-11(19-3)14(21-5)12(7-10)20-4/h6-7,15H,8H2,1-5H3. The number of ether oxygens (including phenoxy) is 3. The number of hydrogen-bond donors (Lipinski definition) is 1. The van der Waals surface area contributed by atoms with Crippen molar-refractivity contribution in [3.8, 4) is 17.2 Å². The van der Waals surface area contributed by atoms with E-state index in [4.69, 9.17) is 14.2 Å². The Labute approximate surface area is 123 Å². The minimum Gasteiger partial charge on any atom is -0.493 e. The van der Waals surface area contributed by atoms with Crippen LogP contribution in [-0.4, -0.2) is 36.1 Å². The van der Waals surface area contributed by atoms with Crippen molar-refractivity contribution in [3.63, 3.8) is 0 Å². The third-order valence-corrected chi connectivity index (χ3v) is 3.30. The van der Waals surface area contributed by atoms with Crippen LogP contribution in [0.3, 0.4) is 0 Å². The zero-order valence-electron chi connectivity index (χ0n) is 12.9. The first kappa shape index (κ1) is 15.0. The van der Waals surface area contributed by atoms with Gasteiger partial charge in [-0.3, -0.25) is 0 Å². The average Bonchev–Trinajstić information content (AvgIpc) is 2.83. The topological polar surface area (TPSA) is 70.4 Å². The molecule has 0 saturated heterocycles. The van der Waals surface area contributed by atoms with E-state index < -0.39 is 0 Å². The highest BCUT2D eigenvalue weighted by molar-refractivity contribution is 5.62. The van der Waals surface area contributed by atoms with Gasteiger partial charge >= 0.3 is 0 Å². The average molecular weight is 292 g/mol. The quantitative estimate of drug-likeness (QED) is 0.875. The van der Waals surface area contributed by atoms with Crippen molar-refractivity contribution in [3.05, 3.63) is 23.8 Å². The number of nitrogens with one attached hydrogen (secondary N) is 1. The van der Waals surface area contributed by atoms with E-state index in [-0.39, 0.29) is 0 Å². The van der Waals surface area contributed by atoms with Gasteiger partial charge < -0.3 is 24.1 Å².